The molecule has 0 aliphatic heterocycles. The molecule has 0 saturated carbocycles. The van der Waals surface area contributed by atoms with Crippen LogP contribution in [0.15, 0.2) is 397 Å². The van der Waals surface area contributed by atoms with Crippen LogP contribution in [-0.2, 0) is 0 Å². The third-order valence-electron chi connectivity index (χ3n) is 23.7. The summed E-state index contributed by atoms with van der Waals surface area (Å²) in [6, 6.07) is 142. The lowest BCUT2D eigenvalue weighted by atomic mass is 9.87. The van der Waals surface area contributed by atoms with Crippen LogP contribution in [0.3, 0.4) is 0 Å². The molecule has 18 aromatic carbocycles. The second-order valence-corrected chi connectivity index (χ2v) is 29.7. The topological polar surface area (TPSA) is 36.1 Å². The minimum Gasteiger partial charge on any atom is -0.456 e. The molecule has 0 spiro atoms. The summed E-state index contributed by atoms with van der Waals surface area (Å²) in [7, 11) is 0. The molecule has 0 N–H and O–H groups in total. The zero-order valence-corrected chi connectivity index (χ0v) is 59.8. The predicted octanol–water partition coefficient (Wildman–Crippen LogP) is 28.7. The quantitative estimate of drug-likeness (QED) is 0.152. The van der Waals surface area contributed by atoms with Crippen LogP contribution in [0.1, 0.15) is 45.2 Å². The van der Waals surface area contributed by atoms with Crippen LogP contribution in [0.25, 0.3) is 187 Å². The lowest BCUT2D eigenvalue weighted by Gasteiger charge is -2.16. The summed E-state index contributed by atoms with van der Waals surface area (Å²) in [5.74, 6) is 0.387. The summed E-state index contributed by atoms with van der Waals surface area (Å²) < 4.78 is 18.0. The molecule has 0 saturated heterocycles. The summed E-state index contributed by atoms with van der Waals surface area (Å²) in [4.78, 5) is 0. The third-order valence-corrected chi connectivity index (χ3v) is 23.7. The van der Waals surface area contributed by atoms with Crippen molar-refractivity contribution in [1.82, 2.24) is 9.13 Å². The van der Waals surface area contributed by atoms with E-state index in [1.807, 2.05) is 0 Å². The van der Waals surface area contributed by atoms with Gasteiger partial charge < -0.3 is 18.0 Å². The summed E-state index contributed by atoms with van der Waals surface area (Å²) in [6.07, 6.45) is 0. The van der Waals surface area contributed by atoms with Crippen molar-refractivity contribution in [3.8, 4) is 78.1 Å². The van der Waals surface area contributed by atoms with E-state index in [1.165, 1.54) is 143 Å². The van der Waals surface area contributed by atoms with Gasteiger partial charge in [0.15, 0.2) is 0 Å². The van der Waals surface area contributed by atoms with Crippen molar-refractivity contribution < 1.29 is 8.83 Å². The fourth-order valence-corrected chi connectivity index (χ4v) is 18.7. The van der Waals surface area contributed by atoms with E-state index in [-0.39, 0.29) is 11.8 Å². The Hall–Kier alpha value is -14.3. The molecule has 4 aromatic heterocycles. The van der Waals surface area contributed by atoms with E-state index in [1.54, 1.807) is 0 Å². The van der Waals surface area contributed by atoms with Gasteiger partial charge in [-0.2, -0.15) is 0 Å². The number of rotatable bonds is 8. The van der Waals surface area contributed by atoms with Crippen molar-refractivity contribution in [3.63, 3.8) is 0 Å². The molecule has 0 bridgehead atoms. The number of hydrogen-bond acceptors (Lipinski definition) is 2. The molecule has 0 fully saturated rings. The Morgan fingerprint density at radius 3 is 1.19 bits per heavy atom. The van der Waals surface area contributed by atoms with E-state index in [2.05, 4.69) is 397 Å². The zero-order valence-electron chi connectivity index (χ0n) is 59.8. The molecule has 110 heavy (non-hydrogen) atoms. The van der Waals surface area contributed by atoms with Crippen LogP contribution in [0, 0.1) is 0 Å². The predicted molar refractivity (Wildman–Crippen MR) is 459 cm³/mol. The van der Waals surface area contributed by atoms with E-state index in [0.29, 0.717) is 0 Å². The van der Waals surface area contributed by atoms with E-state index in [0.717, 1.165) is 77.2 Å². The molecule has 2 aliphatic rings. The first-order valence-electron chi connectivity index (χ1n) is 38.1. The highest BCUT2D eigenvalue weighted by Crippen LogP contribution is 2.53. The van der Waals surface area contributed by atoms with Gasteiger partial charge in [-0.1, -0.05) is 291 Å². The maximum Gasteiger partial charge on any atom is 0.145 e. The molecule has 0 radical (unpaired) electrons. The van der Waals surface area contributed by atoms with Crippen molar-refractivity contribution in [1.29, 1.82) is 0 Å². The average Bonchev–Trinajstić information content (AvgIpc) is 1.57. The standard InChI is InChI=1S/2C53H33NO/c1-2-11-33(12-3-1)36-15-10-16-40(30-36)54-48-27-24-38(32-47(48)52-49(54)28-26-45-42-18-8-9-20-50(42)55-53(45)52)37-23-25-44-46(31-37)41-17-6-7-19-43(41)51(44)39-22-21-34-13-4-5-14-35(34)29-39;1-2-11-33(12-3-1)36-15-10-16-40(30-36)54-47-26-24-38(32-46(47)52-48(54)27-28-50-53(52)44-19-8-9-20-49(44)55-50)37-23-25-43-45(31-37)41-17-6-7-18-42(41)51(43)39-22-21-34-13-4-5-14-35(34)29-39/h2*1-32,51H. The SMILES string of the molecule is c1ccc(-c2cccc(-n3c4ccc(-c5ccc6c(c5)-c5ccccc5C6c5ccc6ccccc6c5)cc4c4c5c(ccc43)oc3ccccc35)c2)cc1.c1ccc(-c2cccc(-n3c4ccc(-c5ccc6c(c5)-c5ccccc5C6c5ccc6ccccc6c5)cc4c4c5oc6ccccc6c5ccc43)c2)cc1. The van der Waals surface area contributed by atoms with Gasteiger partial charge in [-0.05, 0) is 219 Å². The number of furan rings is 2. The van der Waals surface area contributed by atoms with Crippen LogP contribution in [0.5, 0.6) is 0 Å². The summed E-state index contributed by atoms with van der Waals surface area (Å²) >= 11 is 0. The maximum absolute atomic E-state index is 6.73. The van der Waals surface area contributed by atoms with Crippen molar-refractivity contribution in [2.45, 2.75) is 11.8 Å². The van der Waals surface area contributed by atoms with Crippen molar-refractivity contribution in [2.75, 3.05) is 0 Å². The minimum absolute atomic E-state index is 0.193. The second kappa shape index (κ2) is 24.6. The number of nitrogens with zero attached hydrogens (tertiary/aromatic N) is 2. The van der Waals surface area contributed by atoms with Gasteiger partial charge in [-0.15, -0.1) is 0 Å². The van der Waals surface area contributed by atoms with Gasteiger partial charge in [-0.25, -0.2) is 0 Å². The molecule has 4 heteroatoms. The first-order chi connectivity index (χ1) is 54.5. The van der Waals surface area contributed by atoms with E-state index in [9.17, 15) is 0 Å². The first-order valence-corrected chi connectivity index (χ1v) is 38.1. The molecule has 4 heterocycles. The van der Waals surface area contributed by atoms with Gasteiger partial charge in [0, 0.05) is 60.9 Å². The monoisotopic (exact) mass is 1400 g/mol. The van der Waals surface area contributed by atoms with E-state index < -0.39 is 0 Å². The van der Waals surface area contributed by atoms with Gasteiger partial charge in [-0.3, -0.25) is 0 Å². The average molecular weight is 1400 g/mol. The maximum atomic E-state index is 6.73. The van der Waals surface area contributed by atoms with Crippen molar-refractivity contribution in [3.05, 3.63) is 422 Å². The third kappa shape index (κ3) is 9.72. The van der Waals surface area contributed by atoms with Gasteiger partial charge in [0.2, 0.25) is 0 Å². The highest BCUT2D eigenvalue weighted by molar-refractivity contribution is 6.28. The number of benzene rings is 18. The molecule has 2 unspecified atom stereocenters. The highest BCUT2D eigenvalue weighted by Gasteiger charge is 2.33. The van der Waals surface area contributed by atoms with E-state index in [4.69, 9.17) is 8.83 Å². The molecule has 2 atom stereocenters. The molecule has 22 aromatic rings. The molecule has 2 aliphatic carbocycles. The smallest absolute Gasteiger partial charge is 0.145 e. The Bertz CT molecular complexity index is 7550. The largest absolute Gasteiger partial charge is 0.456 e. The fourth-order valence-electron chi connectivity index (χ4n) is 18.7. The lowest BCUT2D eigenvalue weighted by Crippen LogP contribution is -1.99. The number of aromatic nitrogens is 2. The Balaban J connectivity index is 0.000000132. The lowest BCUT2D eigenvalue weighted by molar-refractivity contribution is 0.669. The fraction of sp³-hybridized carbons (Fsp3) is 0.0189. The molecule has 4 nitrogen and oxygen atoms in total. The van der Waals surface area contributed by atoms with Gasteiger partial charge in [0.1, 0.15) is 22.3 Å². The number of hydrogen-bond donors (Lipinski definition) is 0. The minimum atomic E-state index is 0.193. The van der Waals surface area contributed by atoms with Gasteiger partial charge in [0.05, 0.1) is 27.5 Å². The van der Waals surface area contributed by atoms with Crippen LogP contribution in [0.2, 0.25) is 0 Å². The molecular weight excluding hydrogens is 1330 g/mol. The zero-order chi connectivity index (χ0) is 72.1. The van der Waals surface area contributed by atoms with Crippen molar-refractivity contribution in [2.24, 2.45) is 0 Å². The second-order valence-electron chi connectivity index (χ2n) is 29.7. The Morgan fingerprint density at radius 2 is 0.618 bits per heavy atom. The normalized spacial score (nSPS) is 13.6. The number of fused-ring (bicyclic) bond motifs is 22. The van der Waals surface area contributed by atoms with Gasteiger partial charge in [0.25, 0.3) is 0 Å². The summed E-state index contributed by atoms with van der Waals surface area (Å²) in [5, 5.41) is 14.4. The van der Waals surface area contributed by atoms with E-state index >= 15 is 0 Å². The summed E-state index contributed by atoms with van der Waals surface area (Å²) in [5.41, 5.74) is 33.5. The Labute approximate surface area is 634 Å². The van der Waals surface area contributed by atoms with Crippen LogP contribution in [0.4, 0.5) is 0 Å². The first kappa shape index (κ1) is 61.9. The molecule has 24 rings (SSSR count). The van der Waals surface area contributed by atoms with Crippen LogP contribution in [-0.4, -0.2) is 9.13 Å². The van der Waals surface area contributed by atoms with Crippen LogP contribution < -0.4 is 0 Å². The number of para-hydroxylation sites is 2. The highest BCUT2D eigenvalue weighted by atomic mass is 16.3. The van der Waals surface area contributed by atoms with Crippen LogP contribution >= 0.6 is 0 Å². The Morgan fingerprint density at radius 1 is 0.200 bits per heavy atom. The molecule has 0 amide bonds. The molecular formula is C106H66N2O2. The molecule has 512 valence electrons. The van der Waals surface area contributed by atoms with Gasteiger partial charge >= 0.3 is 0 Å². The summed E-state index contributed by atoms with van der Waals surface area (Å²) in [6.45, 7) is 0. The Kier molecular flexibility index (Phi) is 13.9. The van der Waals surface area contributed by atoms with Crippen molar-refractivity contribution >= 4 is 109 Å².